The largest absolute Gasteiger partial charge is 0.494 e. The van der Waals surface area contributed by atoms with E-state index < -0.39 is 9.84 Å². The van der Waals surface area contributed by atoms with Gasteiger partial charge in [0.2, 0.25) is 9.84 Å². The number of benzene rings is 2. The van der Waals surface area contributed by atoms with Crippen LogP contribution in [0.2, 0.25) is 0 Å². The van der Waals surface area contributed by atoms with Gasteiger partial charge in [0.05, 0.1) is 23.2 Å². The highest BCUT2D eigenvalue weighted by molar-refractivity contribution is 7.91. The van der Waals surface area contributed by atoms with Gasteiger partial charge in [-0.3, -0.25) is 0 Å². The second kappa shape index (κ2) is 15.3. The van der Waals surface area contributed by atoms with Gasteiger partial charge in [0, 0.05) is 12.7 Å². The third kappa shape index (κ3) is 8.17. The van der Waals surface area contributed by atoms with Crippen molar-refractivity contribution in [1.29, 1.82) is 0 Å². The fourth-order valence-electron chi connectivity index (χ4n) is 5.09. The molecule has 0 radical (unpaired) electrons. The highest BCUT2D eigenvalue weighted by atomic mass is 32.2. The maximum absolute atomic E-state index is 14.0. The minimum Gasteiger partial charge on any atom is -0.494 e. The van der Waals surface area contributed by atoms with Crippen molar-refractivity contribution in [3.05, 3.63) is 90.3 Å². The molecule has 0 aliphatic rings. The van der Waals surface area contributed by atoms with Gasteiger partial charge >= 0.3 is 0 Å². The summed E-state index contributed by atoms with van der Waals surface area (Å²) in [5, 5.41) is 0. The van der Waals surface area contributed by atoms with E-state index in [-0.39, 0.29) is 10.8 Å². The zero-order chi connectivity index (χ0) is 30.0. The molecule has 0 spiro atoms. The van der Waals surface area contributed by atoms with Crippen LogP contribution in [0, 0.1) is 0 Å². The fraction of sp³-hybridized carbons (Fsp3) is 0.429. The standard InChI is InChI=1S/C35H46N2O4S/c1-5-7-21-36(22-8-6-2)23-12-24-40-30-15-18-32(19-16-30)42(38,39)35-33(28(3)4)26-37-25-31(17-20-34(35)37)41-27-29-13-10-9-11-14-29/h9-11,13-20,25-26,28H,5-8,12,21-24,27H2,1-4H3. The van der Waals surface area contributed by atoms with Crippen LogP contribution in [0.5, 0.6) is 11.5 Å². The van der Waals surface area contributed by atoms with Gasteiger partial charge in [-0.2, -0.15) is 0 Å². The number of unbranched alkanes of at least 4 members (excludes halogenated alkanes) is 2. The minimum absolute atomic E-state index is 0.0280. The predicted molar refractivity (Wildman–Crippen MR) is 171 cm³/mol. The first-order chi connectivity index (χ1) is 20.3. The van der Waals surface area contributed by atoms with Gasteiger partial charge in [-0.15, -0.1) is 0 Å². The van der Waals surface area contributed by atoms with Crippen molar-refractivity contribution in [2.24, 2.45) is 0 Å². The molecule has 6 nitrogen and oxygen atoms in total. The highest BCUT2D eigenvalue weighted by Gasteiger charge is 2.27. The zero-order valence-corrected chi connectivity index (χ0v) is 26.4. The Labute approximate surface area is 252 Å². The van der Waals surface area contributed by atoms with Crippen LogP contribution in [-0.4, -0.2) is 44.0 Å². The summed E-state index contributed by atoms with van der Waals surface area (Å²) >= 11 is 0. The molecule has 0 fully saturated rings. The topological polar surface area (TPSA) is 60.2 Å². The summed E-state index contributed by atoms with van der Waals surface area (Å²) < 4.78 is 41.8. The minimum atomic E-state index is -3.76. The molecule has 2 aromatic carbocycles. The van der Waals surface area contributed by atoms with E-state index >= 15 is 0 Å². The van der Waals surface area contributed by atoms with Crippen LogP contribution in [0.3, 0.4) is 0 Å². The normalized spacial score (nSPS) is 12.0. The average Bonchev–Trinajstić information content (AvgIpc) is 3.40. The van der Waals surface area contributed by atoms with Crippen molar-refractivity contribution >= 4 is 15.4 Å². The van der Waals surface area contributed by atoms with Crippen molar-refractivity contribution in [2.45, 2.75) is 82.1 Å². The molecule has 4 rings (SSSR count). The van der Waals surface area contributed by atoms with Crippen LogP contribution in [0.4, 0.5) is 0 Å². The molecule has 0 aliphatic carbocycles. The fourth-order valence-corrected chi connectivity index (χ4v) is 6.87. The highest BCUT2D eigenvalue weighted by Crippen LogP contribution is 2.35. The lowest BCUT2D eigenvalue weighted by atomic mass is 10.1. The van der Waals surface area contributed by atoms with Gasteiger partial charge < -0.3 is 18.8 Å². The summed E-state index contributed by atoms with van der Waals surface area (Å²) in [6.45, 7) is 12.8. The molecule has 0 atom stereocenters. The second-order valence-electron chi connectivity index (χ2n) is 11.2. The van der Waals surface area contributed by atoms with Crippen LogP contribution in [0.25, 0.3) is 5.52 Å². The molecule has 0 unspecified atom stereocenters. The molecular weight excluding hydrogens is 544 g/mol. The Bertz CT molecular complexity index is 1490. The molecule has 0 N–H and O–H groups in total. The second-order valence-corrected chi connectivity index (χ2v) is 13.1. The van der Waals surface area contributed by atoms with Gasteiger partial charge in [0.15, 0.2) is 0 Å². The van der Waals surface area contributed by atoms with Crippen LogP contribution >= 0.6 is 0 Å². The van der Waals surface area contributed by atoms with E-state index in [0.29, 0.717) is 35.1 Å². The van der Waals surface area contributed by atoms with Gasteiger partial charge in [0.1, 0.15) is 23.0 Å². The summed E-state index contributed by atoms with van der Waals surface area (Å²) in [7, 11) is -3.76. The van der Waals surface area contributed by atoms with Gasteiger partial charge in [-0.05, 0) is 85.8 Å². The Morgan fingerprint density at radius 2 is 1.40 bits per heavy atom. The summed E-state index contributed by atoms with van der Waals surface area (Å²) in [5.41, 5.74) is 2.50. The van der Waals surface area contributed by atoms with E-state index in [2.05, 4.69) is 18.7 Å². The number of pyridine rings is 1. The molecular formula is C35H46N2O4S. The third-order valence-corrected chi connectivity index (χ3v) is 9.41. The van der Waals surface area contributed by atoms with Gasteiger partial charge in [0.25, 0.3) is 0 Å². The molecule has 0 saturated heterocycles. The molecule has 0 saturated carbocycles. The first-order valence-electron chi connectivity index (χ1n) is 15.3. The average molecular weight is 591 g/mol. The van der Waals surface area contributed by atoms with Crippen LogP contribution in [0.15, 0.2) is 88.9 Å². The van der Waals surface area contributed by atoms with Crippen LogP contribution in [0.1, 0.15) is 76.8 Å². The molecule has 42 heavy (non-hydrogen) atoms. The van der Waals surface area contributed by atoms with Crippen LogP contribution in [-0.2, 0) is 16.4 Å². The van der Waals surface area contributed by atoms with Gasteiger partial charge in [-0.1, -0.05) is 70.9 Å². The lowest BCUT2D eigenvalue weighted by Crippen LogP contribution is -2.28. The maximum atomic E-state index is 14.0. The van der Waals surface area contributed by atoms with E-state index in [1.54, 1.807) is 24.3 Å². The summed E-state index contributed by atoms with van der Waals surface area (Å²) in [5.74, 6) is 1.40. The smallest absolute Gasteiger partial charge is 0.209 e. The SMILES string of the molecule is CCCCN(CCCC)CCCOc1ccc(S(=O)(=O)c2c(C(C)C)cn3cc(OCc4ccccc4)ccc23)cc1. The van der Waals surface area contributed by atoms with Crippen molar-refractivity contribution < 1.29 is 17.9 Å². The van der Waals surface area contributed by atoms with E-state index in [9.17, 15) is 8.42 Å². The maximum Gasteiger partial charge on any atom is 0.209 e. The Hall–Kier alpha value is -3.29. The van der Waals surface area contributed by atoms with Crippen molar-refractivity contribution in [1.82, 2.24) is 9.30 Å². The Balaban J connectivity index is 1.45. The lowest BCUT2D eigenvalue weighted by molar-refractivity contribution is 0.229. The molecule has 2 aromatic heterocycles. The lowest BCUT2D eigenvalue weighted by Gasteiger charge is -2.21. The molecule has 7 heteroatoms. The number of sulfone groups is 1. The molecule has 2 heterocycles. The first kappa shape index (κ1) is 31.6. The first-order valence-corrected chi connectivity index (χ1v) is 16.8. The van der Waals surface area contributed by atoms with E-state index in [4.69, 9.17) is 9.47 Å². The summed E-state index contributed by atoms with van der Waals surface area (Å²) in [6.07, 6.45) is 9.56. The molecule has 0 amide bonds. The summed E-state index contributed by atoms with van der Waals surface area (Å²) in [4.78, 5) is 3.14. The number of fused-ring (bicyclic) bond motifs is 1. The van der Waals surface area contributed by atoms with Crippen LogP contribution < -0.4 is 9.47 Å². The number of ether oxygens (including phenoxy) is 2. The Morgan fingerprint density at radius 3 is 2.05 bits per heavy atom. The van der Waals surface area contributed by atoms with Crippen molar-refractivity contribution in [3.63, 3.8) is 0 Å². The third-order valence-electron chi connectivity index (χ3n) is 7.54. The monoisotopic (exact) mass is 590 g/mol. The Morgan fingerprint density at radius 1 is 0.762 bits per heavy atom. The van der Waals surface area contributed by atoms with E-state index in [1.165, 1.54) is 25.7 Å². The number of hydrogen-bond acceptors (Lipinski definition) is 5. The molecule has 4 aromatic rings. The van der Waals surface area contributed by atoms with E-state index in [1.807, 2.05) is 73.1 Å². The zero-order valence-electron chi connectivity index (χ0n) is 25.6. The molecule has 0 aliphatic heterocycles. The molecule has 0 bridgehead atoms. The molecule has 226 valence electrons. The van der Waals surface area contributed by atoms with Crippen molar-refractivity contribution in [2.75, 3.05) is 26.2 Å². The number of nitrogens with zero attached hydrogens (tertiary/aromatic N) is 2. The summed E-state index contributed by atoms with van der Waals surface area (Å²) in [6, 6.07) is 20.5. The quantitative estimate of drug-likeness (QED) is 0.116. The van der Waals surface area contributed by atoms with E-state index in [0.717, 1.165) is 37.2 Å². The number of aromatic nitrogens is 1. The van der Waals surface area contributed by atoms with Crippen molar-refractivity contribution in [3.8, 4) is 11.5 Å². The Kier molecular flexibility index (Phi) is 11.5. The number of hydrogen-bond donors (Lipinski definition) is 0. The van der Waals surface area contributed by atoms with Gasteiger partial charge in [-0.25, -0.2) is 8.42 Å². The number of rotatable bonds is 17. The predicted octanol–water partition coefficient (Wildman–Crippen LogP) is 8.15.